The summed E-state index contributed by atoms with van der Waals surface area (Å²) >= 11 is 6.12. The molecular formula is C31H31ClF3N9O4. The fourth-order valence-electron chi connectivity index (χ4n) is 5.68. The number of rotatable bonds is 7. The van der Waals surface area contributed by atoms with E-state index in [4.69, 9.17) is 31.4 Å². The number of benzene rings is 1. The number of anilines is 2. The summed E-state index contributed by atoms with van der Waals surface area (Å²) in [4.78, 5) is 47.7. The summed E-state index contributed by atoms with van der Waals surface area (Å²) in [5.74, 6) is 0.0965. The third-order valence-electron chi connectivity index (χ3n) is 8.25. The average Bonchev–Trinajstić information content (AvgIpc) is 3.51. The van der Waals surface area contributed by atoms with Crippen LogP contribution in [-0.4, -0.2) is 90.8 Å². The number of hydrogen-bond donors (Lipinski definition) is 2. The van der Waals surface area contributed by atoms with Crippen LogP contribution in [0.25, 0.3) is 11.4 Å². The zero-order valence-corrected chi connectivity index (χ0v) is 26.8. The van der Waals surface area contributed by atoms with Crippen molar-refractivity contribution >= 4 is 46.3 Å². The van der Waals surface area contributed by atoms with E-state index in [1.807, 2.05) is 17.9 Å². The van der Waals surface area contributed by atoms with Crippen molar-refractivity contribution in [2.75, 3.05) is 49.6 Å². The van der Waals surface area contributed by atoms with Crippen molar-refractivity contribution in [2.24, 2.45) is 0 Å². The van der Waals surface area contributed by atoms with Crippen LogP contribution in [0.15, 0.2) is 30.6 Å². The number of carbonyl (C=O) groups excluding carboxylic acids is 2. The van der Waals surface area contributed by atoms with Crippen molar-refractivity contribution in [2.45, 2.75) is 39.3 Å². The van der Waals surface area contributed by atoms with Gasteiger partial charge in [0.25, 0.3) is 11.7 Å². The first kappa shape index (κ1) is 33.1. The molecule has 2 amide bonds. The molecular weight excluding hydrogens is 655 g/mol. The Bertz CT molecular complexity index is 1920. The number of ether oxygens (including phenoxy) is 1. The standard InChI is InChI=1S/C31H31ClF3N9O4/c1-3-20-23(15-24(45)38-22-5-4-19(14-21(22)32)31(33,34)35)44-30(39-27(41-44)18-6-12-48-13-7-18)40-28(20)42-8-10-43(11-9-42)29(47)25-26(46)17(2)36-16-37-25/h4-6,14,16,46H,3,7-13,15H2,1-2H3,(H,38,45). The number of halogens is 4. The maximum absolute atomic E-state index is 13.4. The van der Waals surface area contributed by atoms with E-state index in [9.17, 15) is 27.9 Å². The number of amides is 2. The number of nitrogens with zero attached hydrogens (tertiary/aromatic N) is 8. The van der Waals surface area contributed by atoms with Crippen LogP contribution in [0.3, 0.4) is 0 Å². The van der Waals surface area contributed by atoms with Crippen LogP contribution in [0.2, 0.25) is 5.02 Å². The maximum Gasteiger partial charge on any atom is 0.416 e. The van der Waals surface area contributed by atoms with Gasteiger partial charge >= 0.3 is 6.18 Å². The van der Waals surface area contributed by atoms with Gasteiger partial charge in [0.05, 0.1) is 47.3 Å². The van der Waals surface area contributed by atoms with E-state index in [1.165, 1.54) is 10.8 Å². The van der Waals surface area contributed by atoms with E-state index in [0.29, 0.717) is 75.3 Å². The van der Waals surface area contributed by atoms with Gasteiger partial charge in [0.1, 0.15) is 12.1 Å². The Hall–Kier alpha value is -4.83. The van der Waals surface area contributed by atoms with Crippen LogP contribution in [0, 0.1) is 6.92 Å². The zero-order valence-electron chi connectivity index (χ0n) is 26.0. The smallest absolute Gasteiger partial charge is 0.416 e. The first-order valence-corrected chi connectivity index (χ1v) is 15.6. The van der Waals surface area contributed by atoms with Crippen LogP contribution < -0.4 is 10.2 Å². The van der Waals surface area contributed by atoms with Crippen LogP contribution in [0.5, 0.6) is 5.75 Å². The first-order chi connectivity index (χ1) is 22.9. The van der Waals surface area contributed by atoms with Crippen LogP contribution in [0.4, 0.5) is 24.7 Å². The highest BCUT2D eigenvalue weighted by Gasteiger charge is 2.32. The van der Waals surface area contributed by atoms with E-state index in [1.54, 1.807) is 11.8 Å². The molecule has 1 aromatic carbocycles. The number of fused-ring (bicyclic) bond motifs is 1. The third kappa shape index (κ3) is 6.62. The molecule has 0 unspecified atom stereocenters. The first-order valence-electron chi connectivity index (χ1n) is 15.2. The molecule has 0 spiro atoms. The minimum Gasteiger partial charge on any atom is -0.504 e. The summed E-state index contributed by atoms with van der Waals surface area (Å²) in [6, 6.07) is 2.73. The van der Waals surface area contributed by atoms with Gasteiger partial charge in [-0.05, 0) is 43.5 Å². The van der Waals surface area contributed by atoms with E-state index >= 15 is 0 Å². The van der Waals surface area contributed by atoms with Gasteiger partial charge in [0.2, 0.25) is 5.91 Å². The average molecular weight is 686 g/mol. The lowest BCUT2D eigenvalue weighted by atomic mass is 10.1. The van der Waals surface area contributed by atoms with Gasteiger partial charge < -0.3 is 25.0 Å². The quantitative estimate of drug-likeness (QED) is 0.291. The lowest BCUT2D eigenvalue weighted by molar-refractivity contribution is -0.137. The predicted molar refractivity (Wildman–Crippen MR) is 169 cm³/mol. The van der Waals surface area contributed by atoms with Crippen molar-refractivity contribution in [3.63, 3.8) is 0 Å². The molecule has 2 aliphatic heterocycles. The Labute approximate surface area is 277 Å². The van der Waals surface area contributed by atoms with Crippen molar-refractivity contribution in [3.05, 3.63) is 69.7 Å². The molecule has 4 aromatic rings. The highest BCUT2D eigenvalue weighted by atomic mass is 35.5. The lowest BCUT2D eigenvalue weighted by Crippen LogP contribution is -2.49. The maximum atomic E-state index is 13.4. The lowest BCUT2D eigenvalue weighted by Gasteiger charge is -2.36. The monoisotopic (exact) mass is 685 g/mol. The van der Waals surface area contributed by atoms with Gasteiger partial charge in [0.15, 0.2) is 17.3 Å². The van der Waals surface area contributed by atoms with Crippen LogP contribution in [-0.2, 0) is 28.5 Å². The second-order valence-electron chi connectivity index (χ2n) is 11.3. The fraction of sp³-hybridized carbons (Fsp3) is 0.387. The molecule has 0 bridgehead atoms. The molecule has 3 aromatic heterocycles. The van der Waals surface area contributed by atoms with Crippen molar-refractivity contribution < 1.29 is 32.6 Å². The summed E-state index contributed by atoms with van der Waals surface area (Å²) < 4.78 is 46.4. The molecule has 2 aliphatic rings. The molecule has 17 heteroatoms. The molecule has 0 radical (unpaired) electrons. The van der Waals surface area contributed by atoms with E-state index in [-0.39, 0.29) is 34.4 Å². The Balaban J connectivity index is 1.31. The van der Waals surface area contributed by atoms with Gasteiger partial charge in [-0.2, -0.15) is 27.7 Å². The van der Waals surface area contributed by atoms with Gasteiger partial charge in [-0.25, -0.2) is 9.97 Å². The molecule has 0 aliphatic carbocycles. The molecule has 0 atom stereocenters. The Morgan fingerprint density at radius 3 is 2.56 bits per heavy atom. The zero-order chi connectivity index (χ0) is 34.2. The highest BCUT2D eigenvalue weighted by molar-refractivity contribution is 6.33. The molecule has 6 rings (SSSR count). The normalized spacial score (nSPS) is 15.5. The van der Waals surface area contributed by atoms with Crippen molar-refractivity contribution in [1.29, 1.82) is 0 Å². The molecule has 5 heterocycles. The summed E-state index contributed by atoms with van der Waals surface area (Å²) in [6.07, 6.45) is -0.599. The van der Waals surface area contributed by atoms with Crippen LogP contribution in [0.1, 0.15) is 52.2 Å². The summed E-state index contributed by atoms with van der Waals surface area (Å²) in [7, 11) is 0. The molecule has 13 nitrogen and oxygen atoms in total. The van der Waals surface area contributed by atoms with Crippen molar-refractivity contribution in [1.82, 2.24) is 34.4 Å². The van der Waals surface area contributed by atoms with Gasteiger partial charge in [-0.1, -0.05) is 24.6 Å². The molecule has 48 heavy (non-hydrogen) atoms. The Morgan fingerprint density at radius 1 is 1.12 bits per heavy atom. The molecule has 252 valence electrons. The van der Waals surface area contributed by atoms with Gasteiger partial charge in [0, 0.05) is 31.7 Å². The van der Waals surface area contributed by atoms with Crippen LogP contribution >= 0.6 is 11.6 Å². The number of hydrogen-bond acceptors (Lipinski definition) is 10. The number of carbonyl (C=O) groups is 2. The molecule has 0 saturated carbocycles. The number of alkyl halides is 3. The summed E-state index contributed by atoms with van der Waals surface area (Å²) in [5.41, 5.74) is 1.46. The summed E-state index contributed by atoms with van der Waals surface area (Å²) in [6.45, 7) is 5.84. The number of piperazine rings is 1. The molecule has 2 N–H and O–H groups in total. The third-order valence-corrected chi connectivity index (χ3v) is 8.56. The van der Waals surface area contributed by atoms with Gasteiger partial charge in [-0.3, -0.25) is 9.59 Å². The van der Waals surface area contributed by atoms with Gasteiger partial charge in [-0.15, -0.1) is 5.10 Å². The number of aromatic hydroxyl groups is 1. The van der Waals surface area contributed by atoms with Crippen molar-refractivity contribution in [3.8, 4) is 5.75 Å². The van der Waals surface area contributed by atoms with E-state index in [0.717, 1.165) is 29.3 Å². The SMILES string of the molecule is CCc1c(N2CCN(C(=O)c3ncnc(C)c3O)CC2)nc2nc(C3=CCOCC3)nn2c1CC(=O)Nc1ccc(C(F)(F)F)cc1Cl. The molecule has 1 fully saturated rings. The number of nitrogens with one attached hydrogen (secondary N) is 1. The minimum atomic E-state index is -4.58. The minimum absolute atomic E-state index is 0.0376. The number of aryl methyl sites for hydroxylation is 1. The second kappa shape index (κ2) is 13.4. The highest BCUT2D eigenvalue weighted by Crippen LogP contribution is 2.34. The topological polar surface area (TPSA) is 151 Å². The Kier molecular flexibility index (Phi) is 9.20. The second-order valence-corrected chi connectivity index (χ2v) is 11.7. The number of aromatic nitrogens is 6. The summed E-state index contributed by atoms with van der Waals surface area (Å²) in [5, 5.41) is 17.4. The van der Waals surface area contributed by atoms with E-state index in [2.05, 4.69) is 15.3 Å². The predicted octanol–water partition coefficient (Wildman–Crippen LogP) is 4.11. The van der Waals surface area contributed by atoms with E-state index < -0.39 is 23.6 Å². The Morgan fingerprint density at radius 2 is 1.90 bits per heavy atom. The fourth-order valence-corrected chi connectivity index (χ4v) is 5.91. The largest absolute Gasteiger partial charge is 0.504 e. The molecule has 1 saturated heterocycles.